The topological polar surface area (TPSA) is 120 Å². The van der Waals surface area contributed by atoms with Gasteiger partial charge in [0.15, 0.2) is 11.5 Å². The van der Waals surface area contributed by atoms with Gasteiger partial charge in [0.2, 0.25) is 0 Å². The van der Waals surface area contributed by atoms with Crippen LogP contribution in [0.3, 0.4) is 0 Å². The molecule has 200 valence electrons. The number of anilines is 1. The second kappa shape index (κ2) is 10.5. The summed E-state index contributed by atoms with van der Waals surface area (Å²) >= 11 is 0. The lowest BCUT2D eigenvalue weighted by atomic mass is 9.85. The van der Waals surface area contributed by atoms with Crippen molar-refractivity contribution in [1.82, 2.24) is 0 Å². The number of nitriles is 1. The van der Waals surface area contributed by atoms with Gasteiger partial charge < -0.3 is 19.7 Å². The van der Waals surface area contributed by atoms with Gasteiger partial charge in [-0.1, -0.05) is 32.9 Å². The van der Waals surface area contributed by atoms with Crippen LogP contribution >= 0.6 is 0 Å². The molecule has 1 atom stereocenters. The smallest absolute Gasteiger partial charge is 0.300 e. The van der Waals surface area contributed by atoms with Crippen LogP contribution in [0, 0.1) is 11.3 Å². The maximum absolute atomic E-state index is 13.6. The van der Waals surface area contributed by atoms with Crippen LogP contribution in [-0.2, 0) is 15.0 Å². The van der Waals surface area contributed by atoms with Crippen LogP contribution in [-0.4, -0.2) is 35.6 Å². The number of nitrogens with zero attached hydrogens (tertiary/aromatic N) is 2. The molecule has 0 aliphatic carbocycles. The van der Waals surface area contributed by atoms with Gasteiger partial charge in [0, 0.05) is 5.69 Å². The van der Waals surface area contributed by atoms with Crippen molar-refractivity contribution < 1.29 is 29.3 Å². The lowest BCUT2D eigenvalue weighted by Crippen LogP contribution is -2.29. The molecular weight excluding hydrogens is 496 g/mol. The monoisotopic (exact) mass is 526 g/mol. The summed E-state index contributed by atoms with van der Waals surface area (Å²) in [5, 5.41) is 31.2. The first-order valence-corrected chi connectivity index (χ1v) is 12.5. The molecular formula is C31H30N2O6. The van der Waals surface area contributed by atoms with Crippen LogP contribution in [0.1, 0.15) is 56.0 Å². The number of phenolic OH excluding ortho intramolecular Hbond substituents is 1. The molecule has 3 aromatic carbocycles. The number of ketones is 1. The standard InChI is InChI=1S/C31H30N2O6/c1-6-39-25-15-19(9-13-23(25)34)27-26(28(35)22-16-20(31(2,3)4)10-14-24(22)38-5)29(36)30(37)33(27)21-11-7-18(17-32)8-12-21/h7-16,27,34-35H,6H2,1-5H3/b28-26+. The highest BCUT2D eigenvalue weighted by atomic mass is 16.5. The Bertz CT molecular complexity index is 1510. The average Bonchev–Trinajstić information content (AvgIpc) is 3.18. The van der Waals surface area contributed by atoms with Gasteiger partial charge in [-0.15, -0.1) is 0 Å². The van der Waals surface area contributed by atoms with Crippen molar-refractivity contribution in [3.63, 3.8) is 0 Å². The van der Waals surface area contributed by atoms with Crippen LogP contribution in [0.15, 0.2) is 66.2 Å². The van der Waals surface area contributed by atoms with Gasteiger partial charge in [-0.2, -0.15) is 5.26 Å². The third kappa shape index (κ3) is 5.04. The van der Waals surface area contributed by atoms with Crippen molar-refractivity contribution in [2.75, 3.05) is 18.6 Å². The molecule has 3 aromatic rings. The second-order valence-corrected chi connectivity index (χ2v) is 10.2. The molecule has 1 fully saturated rings. The van der Waals surface area contributed by atoms with Gasteiger partial charge in [-0.3, -0.25) is 14.5 Å². The number of aliphatic hydroxyl groups excluding tert-OH is 1. The number of phenols is 1. The summed E-state index contributed by atoms with van der Waals surface area (Å²) in [4.78, 5) is 28.4. The van der Waals surface area contributed by atoms with Crippen LogP contribution in [0.25, 0.3) is 5.76 Å². The van der Waals surface area contributed by atoms with Gasteiger partial charge in [0.1, 0.15) is 11.5 Å². The zero-order valence-corrected chi connectivity index (χ0v) is 22.5. The fourth-order valence-corrected chi connectivity index (χ4v) is 4.59. The molecule has 1 amide bonds. The Kier molecular flexibility index (Phi) is 7.37. The quantitative estimate of drug-likeness (QED) is 0.244. The number of hydrogen-bond donors (Lipinski definition) is 2. The van der Waals surface area contributed by atoms with E-state index in [4.69, 9.17) is 9.47 Å². The fourth-order valence-electron chi connectivity index (χ4n) is 4.59. The van der Waals surface area contributed by atoms with E-state index in [1.54, 1.807) is 55.5 Å². The van der Waals surface area contributed by atoms with Crippen molar-refractivity contribution in [3.8, 4) is 23.3 Å². The van der Waals surface area contributed by atoms with Crippen LogP contribution in [0.4, 0.5) is 5.69 Å². The summed E-state index contributed by atoms with van der Waals surface area (Å²) in [7, 11) is 1.46. The molecule has 1 saturated heterocycles. The molecule has 8 heteroatoms. The predicted octanol–water partition coefficient (Wildman–Crippen LogP) is 5.59. The number of aromatic hydroxyl groups is 1. The number of methoxy groups -OCH3 is 1. The Balaban J connectivity index is 2.01. The molecule has 1 unspecified atom stereocenters. The van der Waals surface area contributed by atoms with E-state index in [-0.39, 0.29) is 40.4 Å². The third-order valence-corrected chi connectivity index (χ3v) is 6.64. The molecule has 4 rings (SSSR count). The van der Waals surface area contributed by atoms with Crippen LogP contribution in [0.2, 0.25) is 0 Å². The van der Waals surface area contributed by atoms with E-state index in [0.717, 1.165) is 5.56 Å². The Morgan fingerprint density at radius 2 is 1.72 bits per heavy atom. The van der Waals surface area contributed by atoms with E-state index in [1.165, 1.54) is 18.1 Å². The summed E-state index contributed by atoms with van der Waals surface area (Å²) in [5.41, 5.74) is 1.95. The van der Waals surface area contributed by atoms with Crippen LogP contribution in [0.5, 0.6) is 17.2 Å². The van der Waals surface area contributed by atoms with Gasteiger partial charge in [0.05, 0.1) is 42.5 Å². The lowest BCUT2D eigenvalue weighted by molar-refractivity contribution is -0.132. The summed E-state index contributed by atoms with van der Waals surface area (Å²) in [6.07, 6.45) is 0. The minimum atomic E-state index is -1.05. The number of carbonyl (C=O) groups is 2. The minimum Gasteiger partial charge on any atom is -0.507 e. The Morgan fingerprint density at radius 3 is 2.31 bits per heavy atom. The molecule has 1 heterocycles. The molecule has 0 spiro atoms. The van der Waals surface area contributed by atoms with E-state index >= 15 is 0 Å². The number of Topliss-reactive ketones (excluding diaryl/α,β-unsaturated/α-hetero) is 1. The zero-order valence-electron chi connectivity index (χ0n) is 22.5. The van der Waals surface area contributed by atoms with E-state index < -0.39 is 17.7 Å². The minimum absolute atomic E-state index is 0.101. The molecule has 39 heavy (non-hydrogen) atoms. The number of benzene rings is 3. The van der Waals surface area contributed by atoms with Crippen molar-refractivity contribution in [2.45, 2.75) is 39.2 Å². The summed E-state index contributed by atoms with van der Waals surface area (Å²) in [5.74, 6) is -1.70. The second-order valence-electron chi connectivity index (χ2n) is 10.2. The SMILES string of the molecule is CCOc1cc(C2/C(=C(\O)c3cc(C(C)(C)C)ccc3OC)C(=O)C(=O)N2c2ccc(C#N)cc2)ccc1O. The molecule has 2 N–H and O–H groups in total. The highest BCUT2D eigenvalue weighted by Gasteiger charge is 2.47. The van der Waals surface area contributed by atoms with Gasteiger partial charge in [-0.05, 0) is 72.0 Å². The largest absolute Gasteiger partial charge is 0.507 e. The molecule has 0 aromatic heterocycles. The molecule has 0 saturated carbocycles. The number of ether oxygens (including phenoxy) is 2. The highest BCUT2D eigenvalue weighted by molar-refractivity contribution is 6.51. The zero-order chi connectivity index (χ0) is 28.5. The van der Waals surface area contributed by atoms with Gasteiger partial charge in [-0.25, -0.2) is 0 Å². The van der Waals surface area contributed by atoms with Gasteiger partial charge >= 0.3 is 0 Å². The number of amides is 1. The summed E-state index contributed by atoms with van der Waals surface area (Å²) in [6.45, 7) is 8.11. The van der Waals surface area contributed by atoms with E-state index in [9.17, 15) is 25.1 Å². The lowest BCUT2D eigenvalue weighted by Gasteiger charge is -2.26. The average molecular weight is 527 g/mol. The summed E-state index contributed by atoms with van der Waals surface area (Å²) in [6, 6.07) is 17.1. The van der Waals surface area contributed by atoms with Gasteiger partial charge in [0.25, 0.3) is 11.7 Å². The number of rotatable bonds is 6. The molecule has 8 nitrogen and oxygen atoms in total. The number of hydrogen-bond acceptors (Lipinski definition) is 7. The molecule has 0 bridgehead atoms. The van der Waals surface area contributed by atoms with Crippen molar-refractivity contribution in [1.29, 1.82) is 5.26 Å². The molecule has 1 aliphatic heterocycles. The van der Waals surface area contributed by atoms with Crippen molar-refractivity contribution in [2.24, 2.45) is 0 Å². The highest BCUT2D eigenvalue weighted by Crippen LogP contribution is 2.45. The predicted molar refractivity (Wildman–Crippen MR) is 147 cm³/mol. The number of carbonyl (C=O) groups excluding carboxylic acids is 2. The first-order chi connectivity index (χ1) is 18.5. The number of aliphatic hydroxyl groups is 1. The Hall–Kier alpha value is -4.77. The normalized spacial score (nSPS) is 16.7. The summed E-state index contributed by atoms with van der Waals surface area (Å²) < 4.78 is 11.1. The first kappa shape index (κ1) is 27.3. The third-order valence-electron chi connectivity index (χ3n) is 6.64. The molecule has 0 radical (unpaired) electrons. The van der Waals surface area contributed by atoms with Crippen molar-refractivity contribution in [3.05, 3.63) is 88.5 Å². The van der Waals surface area contributed by atoms with E-state index in [0.29, 0.717) is 22.6 Å². The van der Waals surface area contributed by atoms with Crippen LogP contribution < -0.4 is 14.4 Å². The van der Waals surface area contributed by atoms with E-state index in [1.807, 2.05) is 32.9 Å². The Labute approximate surface area is 227 Å². The first-order valence-electron chi connectivity index (χ1n) is 12.5. The maximum Gasteiger partial charge on any atom is 0.300 e. The maximum atomic E-state index is 13.6. The fraction of sp³-hybridized carbons (Fsp3) is 0.258. The Morgan fingerprint density at radius 1 is 1.03 bits per heavy atom. The van der Waals surface area contributed by atoms with E-state index in [2.05, 4.69) is 0 Å². The van der Waals surface area contributed by atoms with Crippen molar-refractivity contribution >= 4 is 23.1 Å². The molecule has 1 aliphatic rings.